The molecule has 0 saturated carbocycles. The first kappa shape index (κ1) is 21.0. The first-order chi connectivity index (χ1) is 5.54. The molecular weight excluding hydrogens is 243 g/mol. The van der Waals surface area contributed by atoms with Crippen LogP contribution in [-0.2, 0) is 0 Å². The first-order valence-electron chi connectivity index (χ1n) is 3.48. The summed E-state index contributed by atoms with van der Waals surface area (Å²) in [5.74, 6) is 0. The Morgan fingerprint density at radius 3 is 1.07 bits per heavy atom. The molecule has 0 rings (SSSR count). The van der Waals surface area contributed by atoms with Gasteiger partial charge in [0.2, 0.25) is 0 Å². The summed E-state index contributed by atoms with van der Waals surface area (Å²) in [6, 6.07) is 0. The Morgan fingerprint density at radius 2 is 0.929 bits per heavy atom. The van der Waals surface area contributed by atoms with Crippen LogP contribution < -0.4 is 63.8 Å². The second-order valence-corrected chi connectivity index (χ2v) is 2.48. The molecule has 6 nitrogen and oxygen atoms in total. The normalized spacial score (nSPS) is 18.4. The number of aliphatic hydroxyl groups is 6. The van der Waals surface area contributed by atoms with Gasteiger partial charge in [-0.25, -0.2) is 0 Å². The van der Waals surface area contributed by atoms with Crippen molar-refractivity contribution in [1.82, 2.24) is 0 Å². The van der Waals surface area contributed by atoms with Crippen molar-refractivity contribution in [3.05, 3.63) is 0 Å². The van der Waals surface area contributed by atoms with Gasteiger partial charge in [-0.05, 0) is 0 Å². The summed E-state index contributed by atoms with van der Waals surface area (Å²) in [5.41, 5.74) is 0. The molecule has 0 fully saturated rings. The summed E-state index contributed by atoms with van der Waals surface area (Å²) in [4.78, 5) is 0. The van der Waals surface area contributed by atoms with Crippen LogP contribution in [0, 0.1) is 0 Å². The van der Waals surface area contributed by atoms with Crippen molar-refractivity contribution in [1.29, 1.82) is 0 Å². The molecule has 0 bridgehead atoms. The van der Waals surface area contributed by atoms with Crippen molar-refractivity contribution < 1.29 is 94.4 Å². The van der Waals surface area contributed by atoms with Gasteiger partial charge in [0.1, 0.15) is 24.4 Å². The number of halogens is 1. The summed E-state index contributed by atoms with van der Waals surface area (Å²) < 4.78 is 0. The molecule has 0 unspecified atom stereocenters. The van der Waals surface area contributed by atoms with Gasteiger partial charge >= 0.3 is 51.4 Å². The van der Waals surface area contributed by atoms with Crippen molar-refractivity contribution in [3.8, 4) is 0 Å². The van der Waals surface area contributed by atoms with Crippen molar-refractivity contribution in [2.45, 2.75) is 24.4 Å². The average Bonchev–Trinajstić information content (AvgIpc) is 2.12. The van der Waals surface area contributed by atoms with Gasteiger partial charge in [-0.1, -0.05) is 0 Å². The Balaban J connectivity index is -0.000000605. The Labute approximate surface area is 130 Å². The van der Waals surface area contributed by atoms with E-state index in [-0.39, 0.29) is 63.8 Å². The zero-order valence-corrected chi connectivity index (χ0v) is 11.7. The van der Waals surface area contributed by atoms with Gasteiger partial charge in [-0.15, -0.1) is 0 Å². The van der Waals surface area contributed by atoms with Crippen molar-refractivity contribution >= 4 is 0 Å². The third kappa shape index (κ3) is 7.04. The molecule has 0 aliphatic heterocycles. The molecule has 8 heteroatoms. The van der Waals surface area contributed by atoms with Crippen molar-refractivity contribution in [2.75, 3.05) is 13.2 Å². The fourth-order valence-electron chi connectivity index (χ4n) is 0.671. The van der Waals surface area contributed by atoms with E-state index in [0.29, 0.717) is 0 Å². The first-order valence-corrected chi connectivity index (χ1v) is 3.48. The van der Waals surface area contributed by atoms with E-state index in [4.69, 9.17) is 30.6 Å². The third-order valence-corrected chi connectivity index (χ3v) is 1.51. The minimum Gasteiger partial charge on any atom is -1.00 e. The van der Waals surface area contributed by atoms with E-state index in [2.05, 4.69) is 0 Å². The Kier molecular flexibility index (Phi) is 16.8. The SMILES string of the molecule is OC[C@@H](O)[C@@H](O)[C@H](O)[C@H](O)CO.[Cl-].[K+]. The Bertz CT molecular complexity index is 115. The number of rotatable bonds is 5. The van der Waals surface area contributed by atoms with Gasteiger partial charge in [0.25, 0.3) is 0 Å². The van der Waals surface area contributed by atoms with Crippen LogP contribution in [0.3, 0.4) is 0 Å². The van der Waals surface area contributed by atoms with E-state index in [1.165, 1.54) is 0 Å². The molecule has 0 aromatic heterocycles. The van der Waals surface area contributed by atoms with Gasteiger partial charge in [0.05, 0.1) is 13.2 Å². The number of hydrogen-bond donors (Lipinski definition) is 6. The molecule has 0 spiro atoms. The molecular formula is C6H14ClKO6. The quantitative estimate of drug-likeness (QED) is 0.272. The molecule has 14 heavy (non-hydrogen) atoms. The zero-order valence-electron chi connectivity index (χ0n) is 7.78. The summed E-state index contributed by atoms with van der Waals surface area (Å²) in [7, 11) is 0. The maximum Gasteiger partial charge on any atom is 1.00 e. The summed E-state index contributed by atoms with van der Waals surface area (Å²) in [6.45, 7) is -1.45. The minimum atomic E-state index is -1.67. The minimum absolute atomic E-state index is 0. The van der Waals surface area contributed by atoms with Crippen LogP contribution in [0.1, 0.15) is 0 Å². The summed E-state index contributed by atoms with van der Waals surface area (Å²) >= 11 is 0. The molecule has 0 aliphatic carbocycles. The molecule has 0 aromatic rings. The van der Waals surface area contributed by atoms with Gasteiger partial charge in [0, 0.05) is 0 Å². The van der Waals surface area contributed by atoms with E-state index < -0.39 is 37.6 Å². The summed E-state index contributed by atoms with van der Waals surface area (Å²) in [5, 5.41) is 52.2. The van der Waals surface area contributed by atoms with Crippen molar-refractivity contribution in [3.63, 3.8) is 0 Å². The Morgan fingerprint density at radius 1 is 0.714 bits per heavy atom. The molecule has 4 atom stereocenters. The fourth-order valence-corrected chi connectivity index (χ4v) is 0.671. The van der Waals surface area contributed by atoms with Gasteiger partial charge in [-0.2, -0.15) is 0 Å². The fraction of sp³-hybridized carbons (Fsp3) is 1.00. The summed E-state index contributed by atoms with van der Waals surface area (Å²) in [6.07, 6.45) is -6.39. The van der Waals surface area contributed by atoms with Crippen molar-refractivity contribution in [2.24, 2.45) is 0 Å². The molecule has 6 N–H and O–H groups in total. The molecule has 0 saturated heterocycles. The van der Waals surface area contributed by atoms with Gasteiger partial charge in [0.15, 0.2) is 0 Å². The topological polar surface area (TPSA) is 121 Å². The molecule has 82 valence electrons. The maximum atomic E-state index is 8.96. The molecule has 0 aromatic carbocycles. The zero-order chi connectivity index (χ0) is 9.72. The smallest absolute Gasteiger partial charge is 1.00 e. The van der Waals surface area contributed by atoms with Gasteiger partial charge in [-0.3, -0.25) is 0 Å². The van der Waals surface area contributed by atoms with E-state index in [1.807, 2.05) is 0 Å². The van der Waals surface area contributed by atoms with Crippen LogP contribution >= 0.6 is 0 Å². The Hall–Kier alpha value is 1.69. The standard InChI is InChI=1S/C6H14O6.ClH.K/c7-1-3(9)5(11)6(12)4(10)2-8;;/h3-12H,1-2H2;1H;/q;;+1/p-1/t3-,4-,5-,6-;;/m1../s1. The van der Waals surface area contributed by atoms with E-state index in [0.717, 1.165) is 0 Å². The molecule has 0 radical (unpaired) electrons. The number of aliphatic hydroxyl groups excluding tert-OH is 6. The van der Waals surface area contributed by atoms with Crippen LogP contribution in [0.25, 0.3) is 0 Å². The van der Waals surface area contributed by atoms with Crippen LogP contribution in [0.5, 0.6) is 0 Å². The third-order valence-electron chi connectivity index (χ3n) is 1.51. The maximum absolute atomic E-state index is 8.96. The van der Waals surface area contributed by atoms with Gasteiger partial charge < -0.3 is 43.0 Å². The predicted molar refractivity (Wildman–Crippen MR) is 38.2 cm³/mol. The predicted octanol–water partition coefficient (Wildman–Crippen LogP) is -9.58. The van der Waals surface area contributed by atoms with Crippen LogP contribution in [-0.4, -0.2) is 68.3 Å². The molecule has 0 heterocycles. The average molecular weight is 257 g/mol. The largest absolute Gasteiger partial charge is 1.00 e. The molecule has 0 amide bonds. The number of hydrogen-bond acceptors (Lipinski definition) is 6. The second kappa shape index (κ2) is 11.2. The monoisotopic (exact) mass is 256 g/mol. The van der Waals surface area contributed by atoms with E-state index in [1.54, 1.807) is 0 Å². The van der Waals surface area contributed by atoms with Crippen LogP contribution in [0.4, 0.5) is 0 Å². The van der Waals surface area contributed by atoms with Crippen LogP contribution in [0.15, 0.2) is 0 Å². The second-order valence-electron chi connectivity index (χ2n) is 2.48. The van der Waals surface area contributed by atoms with E-state index in [9.17, 15) is 0 Å². The van der Waals surface area contributed by atoms with E-state index >= 15 is 0 Å². The van der Waals surface area contributed by atoms with Crippen LogP contribution in [0.2, 0.25) is 0 Å². The molecule has 0 aliphatic rings.